The van der Waals surface area contributed by atoms with Crippen LogP contribution >= 0.6 is 0 Å². The first-order chi connectivity index (χ1) is 10.4. The Kier molecular flexibility index (Phi) is 3.51. The fourth-order valence-electron chi connectivity index (χ4n) is 3.87. The minimum absolute atomic E-state index is 0.451. The molecular formula is C17H24N2O2. The van der Waals surface area contributed by atoms with Gasteiger partial charge in [0, 0.05) is 12.1 Å². The molecule has 21 heavy (non-hydrogen) atoms. The van der Waals surface area contributed by atoms with Crippen LogP contribution in [-0.4, -0.2) is 37.2 Å². The summed E-state index contributed by atoms with van der Waals surface area (Å²) in [6.45, 7) is 3.27. The molecule has 4 rings (SSSR count). The van der Waals surface area contributed by atoms with E-state index in [0.29, 0.717) is 25.2 Å². The first-order valence-corrected chi connectivity index (χ1v) is 8.22. The lowest BCUT2D eigenvalue weighted by molar-refractivity contribution is 0.0873. The Bertz CT molecular complexity index is 516. The number of hydrogen-bond donors (Lipinski definition) is 1. The van der Waals surface area contributed by atoms with Crippen LogP contribution in [0.1, 0.15) is 37.3 Å². The van der Waals surface area contributed by atoms with Gasteiger partial charge in [0.2, 0.25) is 0 Å². The number of ether oxygens (including phenoxy) is 2. The van der Waals surface area contributed by atoms with Crippen molar-refractivity contribution in [3.63, 3.8) is 0 Å². The topological polar surface area (TPSA) is 47.7 Å². The van der Waals surface area contributed by atoms with Crippen molar-refractivity contribution in [2.24, 2.45) is 11.7 Å². The molecular weight excluding hydrogens is 264 g/mol. The molecule has 1 aromatic rings. The highest BCUT2D eigenvalue weighted by atomic mass is 16.6. The Morgan fingerprint density at radius 3 is 2.67 bits per heavy atom. The number of benzene rings is 1. The standard InChI is InChI=1S/C17H24N2O2/c18-11-13-2-1-7-19(14-4-5-14)17(13)12-3-6-15-16(10-12)21-9-8-20-15/h3,6,10,13-14,17H,1-2,4-5,7-9,11,18H2. The van der Waals surface area contributed by atoms with Crippen LogP contribution in [0, 0.1) is 5.92 Å². The van der Waals surface area contributed by atoms with Crippen LogP contribution in [0.4, 0.5) is 0 Å². The molecule has 4 heteroatoms. The molecule has 1 aromatic carbocycles. The summed E-state index contributed by atoms with van der Waals surface area (Å²) in [5, 5.41) is 0. The van der Waals surface area contributed by atoms with Gasteiger partial charge in [-0.3, -0.25) is 4.90 Å². The Morgan fingerprint density at radius 1 is 1.10 bits per heavy atom. The van der Waals surface area contributed by atoms with Crippen molar-refractivity contribution >= 4 is 0 Å². The van der Waals surface area contributed by atoms with Crippen LogP contribution < -0.4 is 15.2 Å². The van der Waals surface area contributed by atoms with E-state index in [9.17, 15) is 0 Å². The van der Waals surface area contributed by atoms with Gasteiger partial charge in [0.25, 0.3) is 0 Å². The molecule has 0 bridgehead atoms. The van der Waals surface area contributed by atoms with E-state index < -0.39 is 0 Å². The lowest BCUT2D eigenvalue weighted by Crippen LogP contribution is -2.42. The van der Waals surface area contributed by atoms with Gasteiger partial charge in [-0.05, 0) is 62.4 Å². The maximum Gasteiger partial charge on any atom is 0.161 e. The normalized spacial score (nSPS) is 29.4. The number of piperidine rings is 1. The summed E-state index contributed by atoms with van der Waals surface area (Å²) >= 11 is 0. The zero-order valence-corrected chi connectivity index (χ0v) is 12.5. The Labute approximate surface area is 126 Å². The second kappa shape index (κ2) is 5.50. The molecule has 2 aliphatic heterocycles. The summed E-state index contributed by atoms with van der Waals surface area (Å²) in [5.74, 6) is 2.33. The van der Waals surface area contributed by atoms with Gasteiger partial charge in [0.1, 0.15) is 13.2 Å². The summed E-state index contributed by atoms with van der Waals surface area (Å²) < 4.78 is 11.4. The predicted molar refractivity (Wildman–Crippen MR) is 81.7 cm³/mol. The maximum absolute atomic E-state index is 6.07. The van der Waals surface area contributed by atoms with Crippen molar-refractivity contribution in [1.82, 2.24) is 4.90 Å². The first kappa shape index (κ1) is 13.4. The zero-order chi connectivity index (χ0) is 14.2. The van der Waals surface area contributed by atoms with E-state index in [1.54, 1.807) is 0 Å². The van der Waals surface area contributed by atoms with Gasteiger partial charge in [-0.15, -0.1) is 0 Å². The first-order valence-electron chi connectivity index (χ1n) is 8.22. The third-order valence-electron chi connectivity index (χ3n) is 5.02. The molecule has 0 spiro atoms. The molecule has 0 aromatic heterocycles. The third-order valence-corrected chi connectivity index (χ3v) is 5.02. The molecule has 1 aliphatic carbocycles. The van der Waals surface area contributed by atoms with Gasteiger partial charge in [0.15, 0.2) is 11.5 Å². The number of nitrogens with zero attached hydrogens (tertiary/aromatic N) is 1. The highest BCUT2D eigenvalue weighted by Gasteiger charge is 2.40. The smallest absolute Gasteiger partial charge is 0.161 e. The minimum Gasteiger partial charge on any atom is -0.486 e. The van der Waals surface area contributed by atoms with Gasteiger partial charge in [-0.25, -0.2) is 0 Å². The van der Waals surface area contributed by atoms with Crippen molar-refractivity contribution < 1.29 is 9.47 Å². The fraction of sp³-hybridized carbons (Fsp3) is 0.647. The lowest BCUT2D eigenvalue weighted by Gasteiger charge is -2.42. The maximum atomic E-state index is 6.07. The second-order valence-electron chi connectivity index (χ2n) is 6.45. The van der Waals surface area contributed by atoms with Gasteiger partial charge >= 0.3 is 0 Å². The molecule has 3 aliphatic rings. The zero-order valence-electron chi connectivity index (χ0n) is 12.5. The van der Waals surface area contributed by atoms with Crippen LogP contribution in [0.15, 0.2) is 18.2 Å². The quantitative estimate of drug-likeness (QED) is 0.927. The predicted octanol–water partition coefficient (Wildman–Crippen LogP) is 2.33. The van der Waals surface area contributed by atoms with Crippen molar-refractivity contribution in [2.45, 2.75) is 37.8 Å². The average molecular weight is 288 g/mol. The largest absolute Gasteiger partial charge is 0.486 e. The van der Waals surface area contributed by atoms with Crippen LogP contribution in [0.3, 0.4) is 0 Å². The average Bonchev–Trinajstić information content (AvgIpc) is 3.38. The van der Waals surface area contributed by atoms with Crippen LogP contribution in [0.2, 0.25) is 0 Å². The fourth-order valence-corrected chi connectivity index (χ4v) is 3.87. The second-order valence-corrected chi connectivity index (χ2v) is 6.45. The van der Waals surface area contributed by atoms with Gasteiger partial charge < -0.3 is 15.2 Å². The highest BCUT2D eigenvalue weighted by Crippen LogP contribution is 2.44. The van der Waals surface area contributed by atoms with E-state index in [2.05, 4.69) is 23.1 Å². The SMILES string of the molecule is NCC1CCCN(C2CC2)C1c1ccc2c(c1)OCCO2. The molecule has 2 unspecified atom stereocenters. The van der Waals surface area contributed by atoms with Crippen LogP contribution in [0.25, 0.3) is 0 Å². The molecule has 0 amide bonds. The summed E-state index contributed by atoms with van der Waals surface area (Å²) in [6, 6.07) is 7.69. The van der Waals surface area contributed by atoms with Crippen molar-refractivity contribution in [1.29, 1.82) is 0 Å². The minimum atomic E-state index is 0.451. The van der Waals surface area contributed by atoms with E-state index in [4.69, 9.17) is 15.2 Å². The van der Waals surface area contributed by atoms with Crippen molar-refractivity contribution in [3.05, 3.63) is 23.8 Å². The molecule has 2 fully saturated rings. The molecule has 2 atom stereocenters. The van der Waals surface area contributed by atoms with Gasteiger partial charge in [0.05, 0.1) is 0 Å². The number of rotatable bonds is 3. The monoisotopic (exact) mass is 288 g/mol. The molecule has 0 radical (unpaired) electrons. The summed E-state index contributed by atoms with van der Waals surface area (Å²) in [4.78, 5) is 2.69. The van der Waals surface area contributed by atoms with Crippen LogP contribution in [-0.2, 0) is 0 Å². The van der Waals surface area contributed by atoms with E-state index in [-0.39, 0.29) is 0 Å². The van der Waals surface area contributed by atoms with Gasteiger partial charge in [-0.1, -0.05) is 6.07 Å². The summed E-state index contributed by atoms with van der Waals surface area (Å²) in [6.07, 6.45) is 5.20. The molecule has 1 saturated heterocycles. The number of nitrogens with two attached hydrogens (primary N) is 1. The Balaban J connectivity index is 1.67. The molecule has 2 heterocycles. The third kappa shape index (κ3) is 2.51. The molecule has 4 nitrogen and oxygen atoms in total. The van der Waals surface area contributed by atoms with Crippen molar-refractivity contribution in [3.8, 4) is 11.5 Å². The van der Waals surface area contributed by atoms with E-state index in [1.165, 1.54) is 37.8 Å². The Morgan fingerprint density at radius 2 is 1.90 bits per heavy atom. The van der Waals surface area contributed by atoms with Crippen molar-refractivity contribution in [2.75, 3.05) is 26.3 Å². The van der Waals surface area contributed by atoms with Gasteiger partial charge in [-0.2, -0.15) is 0 Å². The molecule has 114 valence electrons. The molecule has 1 saturated carbocycles. The van der Waals surface area contributed by atoms with Crippen LogP contribution in [0.5, 0.6) is 11.5 Å². The summed E-state index contributed by atoms with van der Waals surface area (Å²) in [7, 11) is 0. The Hall–Kier alpha value is -1.26. The number of likely N-dealkylation sites (tertiary alicyclic amines) is 1. The summed E-state index contributed by atoms with van der Waals surface area (Å²) in [5.41, 5.74) is 7.42. The number of hydrogen-bond acceptors (Lipinski definition) is 4. The number of fused-ring (bicyclic) bond motifs is 1. The van der Waals surface area contributed by atoms with E-state index >= 15 is 0 Å². The molecule has 2 N–H and O–H groups in total. The van der Waals surface area contributed by atoms with E-state index in [1.807, 2.05) is 0 Å². The van der Waals surface area contributed by atoms with E-state index in [0.717, 1.165) is 24.1 Å². The highest BCUT2D eigenvalue weighted by molar-refractivity contribution is 5.45. The lowest BCUT2D eigenvalue weighted by atomic mass is 9.84.